The normalized spacial score (nSPS) is 20.8. The van der Waals surface area contributed by atoms with Gasteiger partial charge in [-0.3, -0.25) is 4.90 Å². The van der Waals surface area contributed by atoms with Crippen LogP contribution in [0.15, 0.2) is 0 Å². The van der Waals surface area contributed by atoms with Gasteiger partial charge in [0.25, 0.3) is 0 Å². The van der Waals surface area contributed by atoms with Gasteiger partial charge in [-0.2, -0.15) is 0 Å². The third-order valence-corrected chi connectivity index (χ3v) is 3.70. The molecule has 3 N–H and O–H groups in total. The van der Waals surface area contributed by atoms with E-state index in [9.17, 15) is 0 Å². The maximum Gasteiger partial charge on any atom is 0.0558 e. The van der Waals surface area contributed by atoms with Crippen molar-refractivity contribution in [2.45, 2.75) is 51.0 Å². The number of rotatable bonds is 6. The highest BCUT2D eigenvalue weighted by Gasteiger charge is 2.35. The summed E-state index contributed by atoms with van der Waals surface area (Å²) in [5.41, 5.74) is 6.17. The van der Waals surface area contributed by atoms with E-state index >= 15 is 0 Å². The van der Waals surface area contributed by atoms with Crippen LogP contribution in [0.4, 0.5) is 0 Å². The van der Waals surface area contributed by atoms with Crippen LogP contribution >= 0.6 is 0 Å². The maximum atomic E-state index is 9.12. The first-order chi connectivity index (χ1) is 7.29. The highest BCUT2D eigenvalue weighted by atomic mass is 16.3. The van der Waals surface area contributed by atoms with Gasteiger partial charge in [0.05, 0.1) is 6.61 Å². The van der Waals surface area contributed by atoms with Crippen LogP contribution < -0.4 is 5.73 Å². The molecule has 0 radical (unpaired) electrons. The Balaban J connectivity index is 2.65. The van der Waals surface area contributed by atoms with Gasteiger partial charge in [0.2, 0.25) is 0 Å². The second-order valence-electron chi connectivity index (χ2n) is 4.70. The number of nitrogens with zero attached hydrogens (tertiary/aromatic N) is 1. The largest absolute Gasteiger partial charge is 0.395 e. The number of aliphatic hydroxyl groups excluding tert-OH is 1. The van der Waals surface area contributed by atoms with E-state index in [1.54, 1.807) is 0 Å². The van der Waals surface area contributed by atoms with Gasteiger partial charge >= 0.3 is 0 Å². The van der Waals surface area contributed by atoms with Crippen molar-refractivity contribution >= 4 is 0 Å². The van der Waals surface area contributed by atoms with Crippen molar-refractivity contribution in [1.82, 2.24) is 4.90 Å². The second-order valence-corrected chi connectivity index (χ2v) is 4.70. The topological polar surface area (TPSA) is 49.5 Å². The average Bonchev–Trinajstić information content (AvgIpc) is 2.30. The molecule has 15 heavy (non-hydrogen) atoms. The van der Waals surface area contributed by atoms with Crippen molar-refractivity contribution in [3.05, 3.63) is 0 Å². The van der Waals surface area contributed by atoms with E-state index in [0.29, 0.717) is 0 Å². The Labute approximate surface area is 93.6 Å². The first-order valence-corrected chi connectivity index (χ1v) is 6.35. The molecular weight excluding hydrogens is 188 g/mol. The molecule has 3 nitrogen and oxygen atoms in total. The lowest BCUT2D eigenvalue weighted by atomic mass is 9.80. The standard InChI is InChI=1S/C12H26N2O/c1-2-8-14(9-10-15)12(11-13)6-4-3-5-7-12/h15H,2-11,13H2,1H3. The molecule has 0 heterocycles. The fourth-order valence-electron chi connectivity index (χ4n) is 2.84. The van der Waals surface area contributed by atoms with Crippen LogP contribution in [-0.4, -0.2) is 41.8 Å². The zero-order valence-corrected chi connectivity index (χ0v) is 10.0. The van der Waals surface area contributed by atoms with Crippen molar-refractivity contribution < 1.29 is 5.11 Å². The smallest absolute Gasteiger partial charge is 0.0558 e. The number of hydrogen-bond acceptors (Lipinski definition) is 3. The van der Waals surface area contributed by atoms with E-state index in [2.05, 4.69) is 11.8 Å². The Bertz CT molecular complexity index is 161. The Kier molecular flexibility index (Phi) is 5.58. The second kappa shape index (κ2) is 6.46. The van der Waals surface area contributed by atoms with E-state index in [1.807, 2.05) is 0 Å². The van der Waals surface area contributed by atoms with Gasteiger partial charge < -0.3 is 10.8 Å². The number of aliphatic hydroxyl groups is 1. The van der Waals surface area contributed by atoms with Crippen LogP contribution in [0.5, 0.6) is 0 Å². The highest BCUT2D eigenvalue weighted by molar-refractivity contribution is 4.93. The van der Waals surface area contributed by atoms with Gasteiger partial charge in [-0.15, -0.1) is 0 Å². The molecule has 0 saturated heterocycles. The Hall–Kier alpha value is -0.120. The van der Waals surface area contributed by atoms with Crippen LogP contribution in [0.25, 0.3) is 0 Å². The minimum Gasteiger partial charge on any atom is -0.395 e. The first kappa shape index (κ1) is 12.9. The van der Waals surface area contributed by atoms with Gasteiger partial charge in [-0.05, 0) is 25.8 Å². The summed E-state index contributed by atoms with van der Waals surface area (Å²) in [5.74, 6) is 0. The van der Waals surface area contributed by atoms with Crippen LogP contribution in [-0.2, 0) is 0 Å². The zero-order valence-electron chi connectivity index (χ0n) is 10.0. The molecule has 1 fully saturated rings. The Morgan fingerprint density at radius 3 is 2.33 bits per heavy atom. The predicted molar refractivity (Wildman–Crippen MR) is 63.8 cm³/mol. The lowest BCUT2D eigenvalue weighted by molar-refractivity contribution is 0.0416. The molecule has 1 saturated carbocycles. The Morgan fingerprint density at radius 2 is 1.87 bits per heavy atom. The molecule has 0 spiro atoms. The van der Waals surface area contributed by atoms with Crippen LogP contribution in [0.2, 0.25) is 0 Å². The van der Waals surface area contributed by atoms with Crippen molar-refractivity contribution in [3.63, 3.8) is 0 Å². The van der Waals surface area contributed by atoms with Gasteiger partial charge in [-0.1, -0.05) is 26.2 Å². The fraction of sp³-hybridized carbons (Fsp3) is 1.00. The zero-order chi connectivity index (χ0) is 11.1. The van der Waals surface area contributed by atoms with E-state index in [0.717, 1.165) is 26.1 Å². The van der Waals surface area contributed by atoms with Crippen molar-refractivity contribution in [2.75, 3.05) is 26.2 Å². The molecule has 0 aliphatic heterocycles. The van der Waals surface area contributed by atoms with Crippen LogP contribution in [0.1, 0.15) is 45.4 Å². The third-order valence-electron chi connectivity index (χ3n) is 3.70. The molecule has 0 unspecified atom stereocenters. The van der Waals surface area contributed by atoms with E-state index in [-0.39, 0.29) is 12.1 Å². The molecular formula is C12H26N2O. The molecule has 0 aromatic carbocycles. The Morgan fingerprint density at radius 1 is 1.20 bits per heavy atom. The van der Waals surface area contributed by atoms with Gasteiger partial charge in [0.15, 0.2) is 0 Å². The summed E-state index contributed by atoms with van der Waals surface area (Å²) in [5, 5.41) is 9.12. The van der Waals surface area contributed by atoms with E-state index < -0.39 is 0 Å². The SMILES string of the molecule is CCCN(CCO)C1(CN)CCCCC1. The number of hydrogen-bond donors (Lipinski definition) is 2. The summed E-state index contributed by atoms with van der Waals surface area (Å²) in [4.78, 5) is 2.42. The summed E-state index contributed by atoms with van der Waals surface area (Å²) in [7, 11) is 0. The molecule has 0 aromatic rings. The molecule has 1 aliphatic rings. The maximum absolute atomic E-state index is 9.12. The molecule has 1 aliphatic carbocycles. The van der Waals surface area contributed by atoms with E-state index in [4.69, 9.17) is 10.8 Å². The van der Waals surface area contributed by atoms with Crippen molar-refractivity contribution in [2.24, 2.45) is 5.73 Å². The van der Waals surface area contributed by atoms with Crippen molar-refractivity contribution in [1.29, 1.82) is 0 Å². The molecule has 90 valence electrons. The minimum atomic E-state index is 0.191. The average molecular weight is 214 g/mol. The summed E-state index contributed by atoms with van der Waals surface area (Å²) < 4.78 is 0. The third kappa shape index (κ3) is 3.16. The van der Waals surface area contributed by atoms with Gasteiger partial charge in [-0.25, -0.2) is 0 Å². The first-order valence-electron chi connectivity index (χ1n) is 6.35. The number of nitrogens with two attached hydrogens (primary N) is 1. The molecule has 3 heteroatoms. The molecule has 0 atom stereocenters. The molecule has 1 rings (SSSR count). The molecule has 0 bridgehead atoms. The number of β-amino-alcohol motifs (C(OH)–C–C–N with tert-alkyl or cyclic N) is 1. The quantitative estimate of drug-likeness (QED) is 0.702. The molecule has 0 aromatic heterocycles. The van der Waals surface area contributed by atoms with Gasteiger partial charge in [0, 0.05) is 18.6 Å². The highest BCUT2D eigenvalue weighted by Crippen LogP contribution is 2.32. The summed E-state index contributed by atoms with van der Waals surface area (Å²) in [6, 6.07) is 0. The monoisotopic (exact) mass is 214 g/mol. The summed E-state index contributed by atoms with van der Waals surface area (Å²) in [6.45, 7) is 5.04. The lowest BCUT2D eigenvalue weighted by Gasteiger charge is -2.46. The van der Waals surface area contributed by atoms with E-state index in [1.165, 1.54) is 32.1 Å². The fourth-order valence-corrected chi connectivity index (χ4v) is 2.84. The summed E-state index contributed by atoms with van der Waals surface area (Å²) >= 11 is 0. The minimum absolute atomic E-state index is 0.191. The summed E-state index contributed by atoms with van der Waals surface area (Å²) in [6.07, 6.45) is 7.50. The van der Waals surface area contributed by atoms with Gasteiger partial charge in [0.1, 0.15) is 0 Å². The predicted octanol–water partition coefficient (Wildman–Crippen LogP) is 1.35. The lowest BCUT2D eigenvalue weighted by Crippen LogP contribution is -2.56. The van der Waals surface area contributed by atoms with Crippen molar-refractivity contribution in [3.8, 4) is 0 Å². The van der Waals surface area contributed by atoms with Crippen LogP contribution in [0, 0.1) is 0 Å². The molecule has 0 amide bonds. The van der Waals surface area contributed by atoms with Crippen LogP contribution in [0.3, 0.4) is 0 Å².